The van der Waals surface area contributed by atoms with Crippen LogP contribution in [-0.2, 0) is 30.5 Å². The number of alkyl halides is 1. The zero-order valence-electron chi connectivity index (χ0n) is 13.9. The lowest BCUT2D eigenvalue weighted by molar-refractivity contribution is -0.138. The predicted molar refractivity (Wildman–Crippen MR) is 101 cm³/mol. The van der Waals surface area contributed by atoms with Crippen LogP contribution >= 0.6 is 22.6 Å². The lowest BCUT2D eigenvalue weighted by Crippen LogP contribution is -2.52. The molecule has 0 saturated heterocycles. The van der Waals surface area contributed by atoms with E-state index in [0.717, 1.165) is 5.56 Å². The van der Waals surface area contributed by atoms with E-state index in [-0.39, 0.29) is 30.1 Å². The molecule has 9 nitrogen and oxygen atoms in total. The van der Waals surface area contributed by atoms with Crippen LogP contribution in [0.2, 0.25) is 0 Å². The van der Waals surface area contributed by atoms with Crippen molar-refractivity contribution in [3.8, 4) is 0 Å². The average Bonchev–Trinajstić information content (AvgIpc) is 2.64. The topological polar surface area (TPSA) is 134 Å². The fourth-order valence-corrected chi connectivity index (χ4v) is 2.08. The Morgan fingerprint density at radius 1 is 1.04 bits per heavy atom. The van der Waals surface area contributed by atoms with Gasteiger partial charge in [0.2, 0.25) is 17.7 Å². The fraction of sp³-hybridized carbons (Fsp3) is 0.375. The van der Waals surface area contributed by atoms with Crippen molar-refractivity contribution in [3.05, 3.63) is 35.9 Å². The van der Waals surface area contributed by atoms with E-state index in [1.54, 1.807) is 0 Å². The molecule has 1 rings (SSSR count). The Balaban J connectivity index is 2.56. The standard InChI is InChI=1S/C16H20IN3O6/c17-6-13(21)18-7-14(22)20-12(16(25)19-8-15(23)24)10-26-9-11-4-2-1-3-5-11/h1-5,12H,6-10H2,(H,18,21)(H,19,25)(H,20,22)(H,23,24)/i6+1,7+1,8+1,14+1,15+1,18+1,19+1. The molecule has 1 atom stereocenters. The molecule has 0 aromatic heterocycles. The Morgan fingerprint density at radius 2 is 1.73 bits per heavy atom. The number of aliphatic carboxylic acids is 1. The molecule has 3 amide bonds. The number of carboxylic acid groups (broad SMARTS) is 1. The van der Waals surface area contributed by atoms with Crippen molar-refractivity contribution in [1.29, 1.82) is 0 Å². The molecule has 0 aliphatic carbocycles. The van der Waals surface area contributed by atoms with Crippen molar-refractivity contribution < 1.29 is 29.0 Å². The van der Waals surface area contributed by atoms with E-state index < -0.39 is 30.4 Å². The summed E-state index contributed by atoms with van der Waals surface area (Å²) in [5.74, 6) is -2.79. The summed E-state index contributed by atoms with van der Waals surface area (Å²) in [5, 5.41) is 15.6. The summed E-state index contributed by atoms with van der Waals surface area (Å²) >= 11 is 1.85. The van der Waals surface area contributed by atoms with Crippen molar-refractivity contribution >= 4 is 46.3 Å². The van der Waals surface area contributed by atoms with E-state index in [4.69, 9.17) is 9.84 Å². The first-order valence-corrected chi connectivity index (χ1v) is 9.18. The molecule has 0 fully saturated rings. The van der Waals surface area contributed by atoms with Gasteiger partial charge in [0.15, 0.2) is 0 Å². The van der Waals surface area contributed by atoms with E-state index in [1.807, 2.05) is 52.9 Å². The fourth-order valence-electron chi connectivity index (χ4n) is 1.81. The van der Waals surface area contributed by atoms with Crippen molar-refractivity contribution in [1.82, 2.24) is 16.0 Å². The van der Waals surface area contributed by atoms with Gasteiger partial charge in [-0.05, 0) is 5.56 Å². The van der Waals surface area contributed by atoms with Gasteiger partial charge in [-0.2, -0.15) is 0 Å². The Hall–Kier alpha value is -2.21. The van der Waals surface area contributed by atoms with E-state index in [2.05, 4.69) is 16.0 Å². The van der Waals surface area contributed by atoms with Gasteiger partial charge in [0.05, 0.1) is 24.2 Å². The molecule has 0 spiro atoms. The molecule has 0 aliphatic rings. The summed E-state index contributed by atoms with van der Waals surface area (Å²) in [6, 6.07) is 8.15. The molecule has 1 aromatic carbocycles. The second kappa shape index (κ2) is 12.2. The van der Waals surface area contributed by atoms with E-state index >= 15 is 0 Å². The minimum absolute atomic E-state index is 0.147. The van der Waals surface area contributed by atoms with Gasteiger partial charge in [-0.25, -0.2) is 0 Å². The highest BCUT2D eigenvalue weighted by molar-refractivity contribution is 14.1. The smallest absolute Gasteiger partial charge is 0.322 e. The third-order valence-electron chi connectivity index (χ3n) is 3.03. The monoisotopic (exact) mass is 484 g/mol. The molecule has 4 N–H and O–H groups in total. The molecular weight excluding hydrogens is 464 g/mol. The molecule has 0 radical (unpaired) electrons. The van der Waals surface area contributed by atoms with Crippen LogP contribution in [0.5, 0.6) is 0 Å². The van der Waals surface area contributed by atoms with Crippen LogP contribution in [0, 0.1) is 0 Å². The number of carbonyl (C=O) groups is 4. The van der Waals surface area contributed by atoms with E-state index in [1.165, 1.54) is 0 Å². The average molecular weight is 484 g/mol. The van der Waals surface area contributed by atoms with Crippen LogP contribution in [0.3, 0.4) is 0 Å². The Morgan fingerprint density at radius 3 is 2.35 bits per heavy atom. The molecule has 0 saturated carbocycles. The quantitative estimate of drug-likeness (QED) is 0.144. The number of hydrogen-bond acceptors (Lipinski definition) is 5. The zero-order valence-corrected chi connectivity index (χ0v) is 16.0. The lowest BCUT2D eigenvalue weighted by Gasteiger charge is -2.18. The number of amides is 3. The van der Waals surface area contributed by atoms with Crippen molar-refractivity contribution in [3.63, 3.8) is 0 Å². The lowest BCUT2D eigenvalue weighted by atomic mass is 10.2. The van der Waals surface area contributed by atoms with Gasteiger partial charge in [0.1, 0.15) is 12.6 Å². The second-order valence-electron chi connectivity index (χ2n) is 5.14. The van der Waals surface area contributed by atoms with Gasteiger partial charge in [-0.3, -0.25) is 19.2 Å². The maximum absolute atomic E-state index is 12.1. The minimum Gasteiger partial charge on any atom is -0.480 e. The Bertz CT molecular complexity index is 626. The minimum atomic E-state index is -1.21. The number of hydrogen-bond donors (Lipinski definition) is 4. The van der Waals surface area contributed by atoms with Gasteiger partial charge >= 0.3 is 5.97 Å². The Labute approximate surface area is 164 Å². The molecule has 1 aromatic rings. The first-order valence-electron chi connectivity index (χ1n) is 7.65. The summed E-state index contributed by atoms with van der Waals surface area (Å²) in [6.45, 7) is -0.782. The van der Waals surface area contributed by atoms with Crippen LogP contribution in [0.1, 0.15) is 5.56 Å². The largest absolute Gasteiger partial charge is 0.480 e. The van der Waals surface area contributed by atoms with Crippen LogP contribution in [0.4, 0.5) is 0 Å². The van der Waals surface area contributed by atoms with Crippen LogP contribution in [0.25, 0.3) is 0 Å². The van der Waals surface area contributed by atoms with Crippen molar-refractivity contribution in [2.24, 2.45) is 0 Å². The third kappa shape index (κ3) is 9.32. The third-order valence-corrected chi connectivity index (χ3v) is 3.72. The number of carboxylic acids is 1. The predicted octanol–water partition coefficient (Wildman–Crippen LogP) is -0.560. The van der Waals surface area contributed by atoms with Gasteiger partial charge in [-0.15, -0.1) is 0 Å². The summed E-state index contributed by atoms with van der Waals surface area (Å²) < 4.78 is 5.65. The molecule has 142 valence electrons. The number of carbonyl (C=O) groups excluding carboxylic acids is 3. The number of ether oxygens (including phenoxy) is 1. The maximum atomic E-state index is 12.1. The number of nitrogens with one attached hydrogen (secondary N) is 3. The van der Waals surface area contributed by atoms with E-state index in [0.29, 0.717) is 0 Å². The van der Waals surface area contributed by atoms with Crippen LogP contribution in [-0.4, -0.2) is 59.0 Å². The Kier molecular flexibility index (Phi) is 10.2. The molecular formula is C16H20IN3O6. The van der Waals surface area contributed by atoms with Crippen molar-refractivity contribution in [2.45, 2.75) is 12.6 Å². The molecule has 26 heavy (non-hydrogen) atoms. The summed E-state index contributed by atoms with van der Waals surface area (Å²) in [4.78, 5) is 45.7. The SMILES string of the molecule is O=C([13CH2]I)[15NH][13CH2][13C](=O)NC(COCc1ccccc1)C(=O)[15NH][13CH2][13C](=O)O. The number of benzene rings is 1. The molecule has 0 aliphatic heterocycles. The maximum Gasteiger partial charge on any atom is 0.322 e. The van der Waals surface area contributed by atoms with Crippen LogP contribution < -0.4 is 16.0 Å². The highest BCUT2D eigenvalue weighted by Gasteiger charge is 2.21. The molecule has 10 heteroatoms. The van der Waals surface area contributed by atoms with Crippen molar-refractivity contribution in [2.75, 3.05) is 24.1 Å². The first kappa shape index (κ1) is 21.8. The van der Waals surface area contributed by atoms with Gasteiger partial charge in [0.25, 0.3) is 0 Å². The summed E-state index contributed by atoms with van der Waals surface area (Å²) in [5.41, 5.74) is 0.887. The number of rotatable bonds is 11. The number of halogens is 1. The van der Waals surface area contributed by atoms with Gasteiger partial charge in [0, 0.05) is 0 Å². The summed E-state index contributed by atoms with van der Waals surface area (Å²) in [7, 11) is 0. The van der Waals surface area contributed by atoms with Gasteiger partial charge < -0.3 is 25.8 Å². The second-order valence-corrected chi connectivity index (χ2v) is 5.91. The molecule has 0 heterocycles. The van der Waals surface area contributed by atoms with E-state index in [9.17, 15) is 19.2 Å². The zero-order chi connectivity index (χ0) is 19.4. The van der Waals surface area contributed by atoms with Crippen LogP contribution in [0.15, 0.2) is 30.3 Å². The first-order chi connectivity index (χ1) is 12.4. The molecule has 0 bridgehead atoms. The molecule has 1 unspecified atom stereocenters. The van der Waals surface area contributed by atoms with Gasteiger partial charge in [-0.1, -0.05) is 52.9 Å². The highest BCUT2D eigenvalue weighted by Crippen LogP contribution is 2.01. The normalized spacial score (nSPS) is 11.3. The summed E-state index contributed by atoms with van der Waals surface area (Å²) in [6.07, 6.45) is 0. The highest BCUT2D eigenvalue weighted by atomic mass is 127.